The van der Waals surface area contributed by atoms with Gasteiger partial charge in [-0.05, 0) is 0 Å². The van der Waals surface area contributed by atoms with E-state index in [1.165, 1.54) is 5.41 Å². The molecule has 0 aliphatic carbocycles. The van der Waals surface area contributed by atoms with Crippen LogP contribution in [0, 0.1) is 0 Å². The number of rotatable bonds is 0. The number of nitrogens with zero attached hydrogens (tertiary/aromatic N) is 2. The molecule has 0 amide bonds. The average molecular weight is 172 g/mol. The van der Waals surface area contributed by atoms with Crippen LogP contribution in [0.4, 0.5) is 0 Å². The predicted molar refractivity (Wildman–Crippen MR) is 56.1 cm³/mol. The van der Waals surface area contributed by atoms with Crippen LogP contribution in [0.3, 0.4) is 0 Å². The van der Waals surface area contributed by atoms with Gasteiger partial charge in [-0.1, -0.05) is 0 Å². The quantitative estimate of drug-likeness (QED) is 0.595. The molecule has 0 aliphatic rings. The summed E-state index contributed by atoms with van der Waals surface area (Å²) in [6.07, 6.45) is 1.91. The third-order valence-corrected chi connectivity index (χ3v) is 2.18. The Morgan fingerprint density at radius 3 is 2.85 bits per heavy atom. The fourth-order valence-corrected chi connectivity index (χ4v) is 1.49. The topological polar surface area (TPSA) is 17.8 Å². The van der Waals surface area contributed by atoms with Crippen molar-refractivity contribution >= 4 is 17.8 Å². The molecule has 2 nitrogen and oxygen atoms in total. The Morgan fingerprint density at radius 2 is 2.15 bits per heavy atom. The second-order valence-corrected chi connectivity index (χ2v) is 4.27. The summed E-state index contributed by atoms with van der Waals surface area (Å²) in [4.78, 5) is 4.35. The predicted octanol–water partition coefficient (Wildman–Crippen LogP) is 2.13. The Bertz CT molecular complexity index is 426. The van der Waals surface area contributed by atoms with Crippen LogP contribution in [0.2, 0.25) is 0 Å². The Kier molecular flexibility index (Phi) is 1.75. The summed E-state index contributed by atoms with van der Waals surface area (Å²) >= 11 is 0. The van der Waals surface area contributed by atoms with Gasteiger partial charge in [-0.2, -0.15) is 0 Å². The van der Waals surface area contributed by atoms with E-state index in [-0.39, 0.29) is 5.54 Å². The van der Waals surface area contributed by atoms with Crippen molar-refractivity contribution in [1.29, 1.82) is 0 Å². The molecule has 13 heavy (non-hydrogen) atoms. The summed E-state index contributed by atoms with van der Waals surface area (Å²) in [7, 11) is 0. The van der Waals surface area contributed by atoms with Gasteiger partial charge in [-0.25, -0.2) is 0 Å². The molecule has 0 atom stereocenters. The van der Waals surface area contributed by atoms with Crippen molar-refractivity contribution in [2.75, 3.05) is 0 Å². The summed E-state index contributed by atoms with van der Waals surface area (Å²) < 4.78 is 2.20. The Hall–Kier alpha value is -1.12. The molecule has 0 aliphatic heterocycles. The van der Waals surface area contributed by atoms with Crippen molar-refractivity contribution in [3.05, 3.63) is 24.4 Å². The monoisotopic (exact) mass is 172 g/mol. The zero-order valence-corrected chi connectivity index (χ0v) is 8.28. The van der Waals surface area contributed by atoms with E-state index in [9.17, 15) is 0 Å². The first kappa shape index (κ1) is 8.48. The van der Waals surface area contributed by atoms with Crippen molar-refractivity contribution in [1.82, 2.24) is 9.55 Å². The summed E-state index contributed by atoms with van der Waals surface area (Å²) in [6, 6.07) is 4.06. The number of fused-ring (bicyclic) bond motifs is 1. The second-order valence-electron chi connectivity index (χ2n) is 4.27. The molecule has 2 rings (SSSR count). The van der Waals surface area contributed by atoms with Gasteiger partial charge in [-0.3, -0.25) is 0 Å². The van der Waals surface area contributed by atoms with Gasteiger partial charge < -0.3 is 0 Å². The number of imidazole rings is 1. The molecule has 0 aromatic carbocycles. The summed E-state index contributed by atoms with van der Waals surface area (Å²) in [5.41, 5.74) is 2.38. The van der Waals surface area contributed by atoms with E-state index in [1.807, 2.05) is 24.4 Å². The van der Waals surface area contributed by atoms with E-state index < -0.39 is 0 Å². The summed E-state index contributed by atoms with van der Waals surface area (Å²) in [5.74, 6) is 2.05. The minimum atomic E-state index is 0.107. The standard InChI is InChI=1S/C10H13BN2/c1-10(2,3)13-7-12-8-5-4-6-11-9(8)13/h4-7H,1-3H3. The third kappa shape index (κ3) is 1.39. The maximum absolute atomic E-state index is 4.35. The van der Waals surface area contributed by atoms with Gasteiger partial charge in [0, 0.05) is 0 Å². The molecule has 0 spiro atoms. The first-order valence-electron chi connectivity index (χ1n) is 4.51. The van der Waals surface area contributed by atoms with Crippen molar-refractivity contribution in [2.24, 2.45) is 0 Å². The summed E-state index contributed by atoms with van der Waals surface area (Å²) in [6.45, 7) is 8.65. The first-order chi connectivity index (χ1) is 6.09. The number of aromatic nitrogens is 2. The molecule has 0 fully saturated rings. The van der Waals surface area contributed by atoms with Gasteiger partial charge in [-0.15, -0.1) is 0 Å². The van der Waals surface area contributed by atoms with Crippen LogP contribution in [-0.4, -0.2) is 16.5 Å². The fraction of sp³-hybridized carbons (Fsp3) is 0.400. The number of hydrogen-bond donors (Lipinski definition) is 0. The SMILES string of the molecule is CC(C)(C)n1cnc2cccbc21. The zero-order valence-electron chi connectivity index (χ0n) is 8.28. The van der Waals surface area contributed by atoms with E-state index >= 15 is 0 Å². The Morgan fingerprint density at radius 1 is 1.38 bits per heavy atom. The third-order valence-electron chi connectivity index (χ3n) is 2.18. The van der Waals surface area contributed by atoms with Gasteiger partial charge in [0.15, 0.2) is 0 Å². The normalized spacial score (nSPS) is 11.9. The van der Waals surface area contributed by atoms with Crippen LogP contribution in [-0.2, 0) is 5.54 Å². The molecule has 0 unspecified atom stereocenters. The number of hydrogen-bond acceptors (Lipinski definition) is 1. The molecule has 2 heterocycles. The first-order valence-corrected chi connectivity index (χ1v) is 4.51. The van der Waals surface area contributed by atoms with Crippen molar-refractivity contribution in [3.63, 3.8) is 0 Å². The van der Waals surface area contributed by atoms with Gasteiger partial charge in [0.25, 0.3) is 0 Å². The van der Waals surface area contributed by atoms with Crippen LogP contribution < -0.4 is 0 Å². The van der Waals surface area contributed by atoms with Crippen LogP contribution in [0.15, 0.2) is 24.4 Å². The summed E-state index contributed by atoms with van der Waals surface area (Å²) in [5, 5.41) is 0. The Labute approximate surface area is 78.8 Å². The van der Waals surface area contributed by atoms with E-state index in [0.717, 1.165) is 5.52 Å². The molecule has 3 heteroatoms. The van der Waals surface area contributed by atoms with Gasteiger partial charge in [0.05, 0.1) is 0 Å². The molecule has 0 saturated carbocycles. The average Bonchev–Trinajstić information content (AvgIpc) is 2.45. The van der Waals surface area contributed by atoms with Crippen molar-refractivity contribution in [2.45, 2.75) is 26.3 Å². The van der Waals surface area contributed by atoms with Crippen LogP contribution in [0.5, 0.6) is 0 Å². The molecule has 0 saturated heterocycles. The molecule has 0 radical (unpaired) electrons. The van der Waals surface area contributed by atoms with Crippen LogP contribution in [0.1, 0.15) is 20.8 Å². The minimum absolute atomic E-state index is 0.107. The van der Waals surface area contributed by atoms with Crippen LogP contribution in [0.25, 0.3) is 10.9 Å². The van der Waals surface area contributed by atoms with Gasteiger partial charge in [0.1, 0.15) is 0 Å². The van der Waals surface area contributed by atoms with E-state index in [1.54, 1.807) is 0 Å². The molecular weight excluding hydrogens is 159 g/mol. The van der Waals surface area contributed by atoms with E-state index in [0.29, 0.717) is 0 Å². The zero-order chi connectivity index (χ0) is 9.47. The molecular formula is C10H13BN2. The second kappa shape index (κ2) is 2.69. The Balaban J connectivity index is 2.72. The van der Waals surface area contributed by atoms with Crippen molar-refractivity contribution in [3.8, 4) is 0 Å². The van der Waals surface area contributed by atoms with Crippen molar-refractivity contribution < 1.29 is 0 Å². The molecule has 0 N–H and O–H groups in total. The maximum atomic E-state index is 4.35. The van der Waals surface area contributed by atoms with E-state index in [4.69, 9.17) is 0 Å². The fourth-order valence-electron chi connectivity index (χ4n) is 1.49. The molecule has 2 aromatic rings. The van der Waals surface area contributed by atoms with Gasteiger partial charge in [0.2, 0.25) is 0 Å². The van der Waals surface area contributed by atoms with E-state index in [2.05, 4.69) is 37.2 Å². The van der Waals surface area contributed by atoms with Crippen LogP contribution >= 0.6 is 0 Å². The molecule has 66 valence electrons. The molecule has 0 bridgehead atoms. The van der Waals surface area contributed by atoms with Gasteiger partial charge >= 0.3 is 78.1 Å². The molecule has 2 aromatic heterocycles.